The minimum Gasteiger partial charge on any atom is -0.462 e. The SMILES string of the molecule is CCCCC[C@H](O)C=C[C@@H]1[C@H](O)[C@H](O)[C@H]2COP(=O)(O)OP(=O)(O)OC[C@@H](COC(=O)CCCCCCCCCCCCCCCC(C)C)OC(=O)CCCC=CC[C@@H](C(=O)C[C@H]1O)[C@H](n1ccc(N)nc1=O)O2. The second-order valence-corrected chi connectivity index (χ2v) is 23.0. The number of rotatable bonds is 25. The van der Waals surface area contributed by atoms with E-state index in [9.17, 15) is 58.5 Å². The van der Waals surface area contributed by atoms with Crippen molar-refractivity contribution >= 4 is 39.2 Å². The number of ketones is 1. The molecule has 11 atom stereocenters. The van der Waals surface area contributed by atoms with Gasteiger partial charge in [-0.1, -0.05) is 148 Å². The summed E-state index contributed by atoms with van der Waals surface area (Å²) in [5.41, 5.74) is 4.72. The number of anilines is 1. The molecular formula is C51H87N3O18P2. The third kappa shape index (κ3) is 26.3. The molecule has 23 heteroatoms. The number of allylic oxidation sites excluding steroid dienone is 2. The molecule has 2 aliphatic rings. The third-order valence-electron chi connectivity index (χ3n) is 13.1. The topological polar surface area (TPSA) is 323 Å². The van der Waals surface area contributed by atoms with Crippen LogP contribution in [0.25, 0.3) is 0 Å². The molecule has 1 aromatic heterocycles. The van der Waals surface area contributed by atoms with Crippen LogP contribution in [-0.2, 0) is 51.1 Å². The number of carbonyl (C=O) groups is 3. The molecule has 0 radical (unpaired) electrons. The van der Waals surface area contributed by atoms with E-state index >= 15 is 0 Å². The molecule has 1 fully saturated rings. The number of aliphatic hydroxyl groups excluding tert-OH is 4. The number of nitrogens with zero attached hydrogens (tertiary/aromatic N) is 2. The highest BCUT2D eigenvalue weighted by atomic mass is 31.3. The molecule has 74 heavy (non-hydrogen) atoms. The van der Waals surface area contributed by atoms with Crippen LogP contribution in [0.2, 0.25) is 0 Å². The van der Waals surface area contributed by atoms with Crippen LogP contribution in [0, 0.1) is 17.8 Å². The number of phosphoric ester groups is 2. The molecule has 2 aliphatic heterocycles. The van der Waals surface area contributed by atoms with E-state index < -0.39 is 120 Å². The second-order valence-electron chi connectivity index (χ2n) is 20.0. The molecule has 0 aliphatic carbocycles. The van der Waals surface area contributed by atoms with Gasteiger partial charge in [0.05, 0.1) is 37.4 Å². The van der Waals surface area contributed by atoms with Gasteiger partial charge in [-0.25, -0.2) is 13.9 Å². The molecule has 1 aromatic rings. The van der Waals surface area contributed by atoms with Gasteiger partial charge in [0, 0.05) is 31.4 Å². The molecule has 21 nitrogen and oxygen atoms in total. The largest absolute Gasteiger partial charge is 0.481 e. The lowest BCUT2D eigenvalue weighted by Crippen LogP contribution is -2.51. The fraction of sp³-hybridized carbons (Fsp3) is 0.784. The molecule has 0 spiro atoms. The Hall–Kier alpha value is -3.17. The van der Waals surface area contributed by atoms with Crippen molar-refractivity contribution in [1.82, 2.24) is 9.55 Å². The number of esters is 2. The molecule has 2 unspecified atom stereocenters. The molecule has 3 rings (SSSR count). The second kappa shape index (κ2) is 35.3. The van der Waals surface area contributed by atoms with Gasteiger partial charge in [0.15, 0.2) is 6.10 Å². The number of ether oxygens (including phenoxy) is 3. The van der Waals surface area contributed by atoms with Crippen LogP contribution in [0.15, 0.2) is 41.4 Å². The van der Waals surface area contributed by atoms with E-state index in [0.29, 0.717) is 19.3 Å². The van der Waals surface area contributed by atoms with Crippen molar-refractivity contribution < 1.29 is 81.3 Å². The maximum atomic E-state index is 14.3. The van der Waals surface area contributed by atoms with E-state index in [2.05, 4.69) is 23.1 Å². The minimum absolute atomic E-state index is 0.0785. The molecule has 1 saturated heterocycles. The standard InChI is InChI=1S/C51H87N3O18P2/c1-4-5-19-25-38(55)29-30-40-42(56)33-43(57)41-26-21-17-18-23-28-47(59)70-39(34-67-46(58)27-22-16-14-12-10-8-6-7-9-11-13-15-20-24-37(2)3)35-68-73(63,64)72-74(65,66)69-36-44(49(61)48(40)60)71-50(41)54-32-31-45(52)53-51(54)62/h17,21,29-32,37-42,44,48-50,55-56,60-61H,4-16,18-20,22-28,33-36H2,1-3H3,(H,63,64)(H,65,66)(H2,52,53,62)/t38-,39+,40-,41-,42+,44+,48-,49+,50+/m0/s1. The summed E-state index contributed by atoms with van der Waals surface area (Å²) >= 11 is 0. The molecule has 8 N–H and O–H groups in total. The minimum atomic E-state index is -5.72. The van der Waals surface area contributed by atoms with Crippen LogP contribution in [0.3, 0.4) is 0 Å². The summed E-state index contributed by atoms with van der Waals surface area (Å²) in [5, 5.41) is 45.5. The molecule has 0 saturated carbocycles. The van der Waals surface area contributed by atoms with Gasteiger partial charge in [0.2, 0.25) is 0 Å². The van der Waals surface area contributed by atoms with Gasteiger partial charge in [0.25, 0.3) is 0 Å². The molecule has 424 valence electrons. The first-order chi connectivity index (χ1) is 35.2. The lowest BCUT2D eigenvalue weighted by Gasteiger charge is -2.38. The number of hydrogen-bond acceptors (Lipinski definition) is 18. The van der Waals surface area contributed by atoms with Crippen molar-refractivity contribution in [3.05, 3.63) is 47.1 Å². The molecular weight excluding hydrogens is 1000 g/mol. The number of cyclic esters (lactones) is 1. The molecule has 0 amide bonds. The smallest absolute Gasteiger partial charge is 0.462 e. The van der Waals surface area contributed by atoms with Crippen LogP contribution in [0.5, 0.6) is 0 Å². The summed E-state index contributed by atoms with van der Waals surface area (Å²) in [4.78, 5) is 78.3. The molecule has 3 heterocycles. The highest BCUT2D eigenvalue weighted by Crippen LogP contribution is 2.60. The van der Waals surface area contributed by atoms with E-state index in [0.717, 1.165) is 55.2 Å². The number of nitrogen functional groups attached to an aromatic ring is 1. The average Bonchev–Trinajstić information content (AvgIpc) is 3.32. The quantitative estimate of drug-likeness (QED) is 0.0212. The van der Waals surface area contributed by atoms with Crippen molar-refractivity contribution in [2.75, 3.05) is 25.6 Å². The number of aliphatic hydroxyl groups is 4. The van der Waals surface area contributed by atoms with Crippen molar-refractivity contribution in [2.24, 2.45) is 17.8 Å². The van der Waals surface area contributed by atoms with Crippen LogP contribution >= 0.6 is 15.6 Å². The van der Waals surface area contributed by atoms with Gasteiger partial charge in [-0.05, 0) is 44.1 Å². The number of Topliss-reactive ketones (excluding diaryl/α,β-unsaturated/α-hetero) is 1. The maximum absolute atomic E-state index is 14.3. The summed E-state index contributed by atoms with van der Waals surface area (Å²) in [7, 11) is -11.3. The summed E-state index contributed by atoms with van der Waals surface area (Å²) in [5.74, 6) is -4.34. The zero-order chi connectivity index (χ0) is 54.5. The van der Waals surface area contributed by atoms with Gasteiger partial charge in [-0.2, -0.15) is 9.29 Å². The third-order valence-corrected chi connectivity index (χ3v) is 15.7. The predicted molar refractivity (Wildman–Crippen MR) is 276 cm³/mol. The first kappa shape index (κ1) is 65.1. The lowest BCUT2D eigenvalue weighted by molar-refractivity contribution is -0.183. The average molecular weight is 1090 g/mol. The summed E-state index contributed by atoms with van der Waals surface area (Å²) in [6, 6.07) is 1.22. The number of aromatic nitrogens is 2. The number of hydrogen-bond donors (Lipinski definition) is 7. The molecule has 2 bridgehead atoms. The fourth-order valence-electron chi connectivity index (χ4n) is 8.78. The van der Waals surface area contributed by atoms with Crippen molar-refractivity contribution in [2.45, 2.75) is 218 Å². The zero-order valence-corrected chi connectivity index (χ0v) is 45.6. The van der Waals surface area contributed by atoms with Crippen LogP contribution < -0.4 is 11.4 Å². The van der Waals surface area contributed by atoms with Crippen LogP contribution in [0.4, 0.5) is 5.82 Å². The van der Waals surface area contributed by atoms with Crippen LogP contribution in [0.1, 0.15) is 181 Å². The van der Waals surface area contributed by atoms with Crippen molar-refractivity contribution in [3.63, 3.8) is 0 Å². The Balaban J connectivity index is 1.74. The first-order valence-electron chi connectivity index (χ1n) is 26.8. The Morgan fingerprint density at radius 3 is 2.09 bits per heavy atom. The van der Waals surface area contributed by atoms with Gasteiger partial charge >= 0.3 is 33.3 Å². The number of unbranched alkanes of at least 4 members (excludes halogenated alkanes) is 14. The summed E-state index contributed by atoms with van der Waals surface area (Å²) < 4.78 is 58.8. The number of nitrogens with two attached hydrogens (primary N) is 1. The number of fused-ring (bicyclic) bond motifs is 3. The lowest BCUT2D eigenvalue weighted by atomic mass is 9.83. The van der Waals surface area contributed by atoms with E-state index in [1.54, 1.807) is 12.2 Å². The van der Waals surface area contributed by atoms with Gasteiger partial charge in [0.1, 0.15) is 36.6 Å². The van der Waals surface area contributed by atoms with Crippen molar-refractivity contribution in [1.29, 1.82) is 0 Å². The number of carbonyl (C=O) groups excluding carboxylic acids is 3. The Morgan fingerprint density at radius 1 is 0.865 bits per heavy atom. The van der Waals surface area contributed by atoms with E-state index in [4.69, 9.17) is 29.0 Å². The van der Waals surface area contributed by atoms with Gasteiger partial charge in [-0.15, -0.1) is 0 Å². The maximum Gasteiger partial charge on any atom is 0.481 e. The van der Waals surface area contributed by atoms with E-state index in [1.807, 2.05) is 6.92 Å². The molecule has 0 aromatic carbocycles. The normalized spacial score (nSPS) is 28.8. The Morgan fingerprint density at radius 2 is 1.47 bits per heavy atom. The van der Waals surface area contributed by atoms with Crippen molar-refractivity contribution in [3.8, 4) is 0 Å². The highest BCUT2D eigenvalue weighted by Gasteiger charge is 2.45. The zero-order valence-electron chi connectivity index (χ0n) is 43.8. The van der Waals surface area contributed by atoms with E-state index in [-0.39, 0.29) is 37.9 Å². The van der Waals surface area contributed by atoms with Gasteiger partial charge in [-0.3, -0.25) is 28.0 Å². The Kier molecular flexibility index (Phi) is 31.0. The fourth-order valence-corrected chi connectivity index (χ4v) is 10.9. The monoisotopic (exact) mass is 1090 g/mol. The summed E-state index contributed by atoms with van der Waals surface area (Å²) in [6.45, 7) is 3.77. The Bertz CT molecular complexity index is 2020. The Labute approximate surface area is 436 Å². The summed E-state index contributed by atoms with van der Waals surface area (Å²) in [6.07, 6.45) is 13.1. The van der Waals surface area contributed by atoms with E-state index in [1.165, 1.54) is 76.0 Å². The number of phosphoric acid groups is 2. The van der Waals surface area contributed by atoms with Crippen LogP contribution in [-0.4, -0.2) is 114 Å². The highest BCUT2D eigenvalue weighted by molar-refractivity contribution is 7.61. The predicted octanol–water partition coefficient (Wildman–Crippen LogP) is 7.84. The first-order valence-corrected chi connectivity index (χ1v) is 29.8. The van der Waals surface area contributed by atoms with Gasteiger partial charge < -0.3 is 50.2 Å².